The number of rotatable bonds is 5. The minimum atomic E-state index is -0.203. The van der Waals surface area contributed by atoms with Gasteiger partial charge in [-0.1, -0.05) is 153 Å². The van der Waals surface area contributed by atoms with Gasteiger partial charge in [0.15, 0.2) is 0 Å². The van der Waals surface area contributed by atoms with E-state index in [0.717, 1.165) is 61.4 Å². The molecule has 0 amide bonds. The highest BCUT2D eigenvalue weighted by Gasteiger charge is 2.39. The van der Waals surface area contributed by atoms with E-state index >= 15 is 0 Å². The van der Waals surface area contributed by atoms with Crippen molar-refractivity contribution in [3.8, 4) is 39.1 Å². The molecule has 9 aromatic carbocycles. The molecule has 0 saturated heterocycles. The summed E-state index contributed by atoms with van der Waals surface area (Å²) in [6.45, 7) is 4.76. The van der Waals surface area contributed by atoms with Crippen molar-refractivity contribution in [3.63, 3.8) is 0 Å². The Morgan fingerprint density at radius 2 is 1.16 bits per heavy atom. The van der Waals surface area contributed by atoms with Crippen molar-refractivity contribution in [1.82, 2.24) is 4.57 Å². The van der Waals surface area contributed by atoms with Crippen LogP contribution in [-0.4, -0.2) is 4.57 Å². The zero-order valence-corrected chi connectivity index (χ0v) is 34.4. The molecule has 13 rings (SSSR count). The Hall–Kier alpha value is -7.82. The van der Waals surface area contributed by atoms with E-state index in [2.05, 4.69) is 229 Å². The Labute approximate surface area is 359 Å². The van der Waals surface area contributed by atoms with Crippen molar-refractivity contribution < 1.29 is 4.42 Å². The van der Waals surface area contributed by atoms with Gasteiger partial charge in [0.05, 0.1) is 22.4 Å². The van der Waals surface area contributed by atoms with Crippen LogP contribution in [-0.2, 0) is 5.41 Å². The second kappa shape index (κ2) is 13.1. The number of hydrogen-bond acceptors (Lipinski definition) is 3. The summed E-state index contributed by atoms with van der Waals surface area (Å²) in [6.07, 6.45) is -0.203. The Kier molecular flexibility index (Phi) is 7.39. The summed E-state index contributed by atoms with van der Waals surface area (Å²) in [4.78, 5) is 2.44. The summed E-state index contributed by atoms with van der Waals surface area (Å²) in [5.41, 5.74) is 19.6. The van der Waals surface area contributed by atoms with E-state index in [9.17, 15) is 0 Å². The lowest BCUT2D eigenvalue weighted by Crippen LogP contribution is -2.23. The maximum Gasteiger partial charge on any atom is 0.137 e. The van der Waals surface area contributed by atoms with Gasteiger partial charge >= 0.3 is 0 Å². The summed E-state index contributed by atoms with van der Waals surface area (Å²) < 4.78 is 9.57. The van der Waals surface area contributed by atoms with Crippen LogP contribution in [0.2, 0.25) is 0 Å². The lowest BCUT2D eigenvalue weighted by atomic mass is 9.81. The van der Waals surface area contributed by atoms with Crippen molar-refractivity contribution in [2.45, 2.75) is 25.4 Å². The molecule has 0 bridgehead atoms. The molecule has 294 valence electrons. The first-order valence-corrected chi connectivity index (χ1v) is 21.5. The highest BCUT2D eigenvalue weighted by molar-refractivity contribution is 6.14. The molecule has 2 aromatic heterocycles. The highest BCUT2D eigenvalue weighted by Crippen LogP contribution is 2.54. The van der Waals surface area contributed by atoms with Gasteiger partial charge in [-0.25, -0.2) is 0 Å². The second-order valence-corrected chi connectivity index (χ2v) is 17.3. The van der Waals surface area contributed by atoms with Gasteiger partial charge in [0, 0.05) is 50.0 Å². The van der Waals surface area contributed by atoms with E-state index in [1.807, 2.05) is 0 Å². The molecule has 0 fully saturated rings. The minimum absolute atomic E-state index is 0.177. The Bertz CT molecular complexity index is 3580. The lowest BCUT2D eigenvalue weighted by molar-refractivity contribution is 0.663. The first-order chi connectivity index (χ1) is 30.5. The predicted octanol–water partition coefficient (Wildman–Crippen LogP) is 15.6. The molecule has 1 N–H and O–H groups in total. The molecule has 2 aliphatic rings. The third-order valence-electron chi connectivity index (χ3n) is 13.6. The number of fused-ring (bicyclic) bond motifs is 11. The minimum Gasteiger partial charge on any atom is -0.456 e. The van der Waals surface area contributed by atoms with E-state index in [1.165, 1.54) is 55.2 Å². The van der Waals surface area contributed by atoms with Crippen LogP contribution in [0.15, 0.2) is 205 Å². The maximum absolute atomic E-state index is 7.09. The maximum atomic E-state index is 7.09. The van der Waals surface area contributed by atoms with E-state index in [-0.39, 0.29) is 11.6 Å². The van der Waals surface area contributed by atoms with Crippen LogP contribution < -0.4 is 10.2 Å². The molecule has 0 spiro atoms. The third kappa shape index (κ3) is 5.01. The fourth-order valence-electron chi connectivity index (χ4n) is 10.8. The topological polar surface area (TPSA) is 33.3 Å². The quantitative estimate of drug-likeness (QED) is 0.188. The smallest absolute Gasteiger partial charge is 0.137 e. The van der Waals surface area contributed by atoms with Gasteiger partial charge < -0.3 is 19.2 Å². The van der Waals surface area contributed by atoms with Crippen LogP contribution in [0.3, 0.4) is 0 Å². The van der Waals surface area contributed by atoms with Crippen LogP contribution in [0.4, 0.5) is 17.1 Å². The van der Waals surface area contributed by atoms with E-state index in [1.54, 1.807) is 0 Å². The number of para-hydroxylation sites is 3. The monoisotopic (exact) mass is 795 g/mol. The summed E-state index contributed by atoms with van der Waals surface area (Å²) >= 11 is 0. The van der Waals surface area contributed by atoms with Crippen LogP contribution in [0.25, 0.3) is 82.8 Å². The van der Waals surface area contributed by atoms with Gasteiger partial charge in [-0.05, 0) is 99.1 Å². The summed E-state index contributed by atoms with van der Waals surface area (Å²) in [7, 11) is 0. The van der Waals surface area contributed by atoms with Crippen LogP contribution >= 0.6 is 0 Å². The second-order valence-electron chi connectivity index (χ2n) is 17.3. The molecule has 1 aliphatic heterocycles. The SMILES string of the molecule is CC1(C)c2ccccc2-c2ccc3c4ccccc4n(-c4ccc5c(c4)oc4cc(-c6ccccc6)cc(C6Nc7ccccc7N6c6ccc(-c7ccccc7)cc6)c45)c3c21. The number of nitrogens with one attached hydrogen (secondary N) is 1. The molecule has 1 atom stereocenters. The highest BCUT2D eigenvalue weighted by atomic mass is 16.3. The number of benzene rings is 9. The third-order valence-corrected chi connectivity index (χ3v) is 13.6. The number of aromatic nitrogens is 1. The summed E-state index contributed by atoms with van der Waals surface area (Å²) in [6, 6.07) is 72.7. The molecule has 1 aliphatic carbocycles. The van der Waals surface area contributed by atoms with E-state index in [0.29, 0.717) is 0 Å². The molecule has 1 unspecified atom stereocenters. The zero-order chi connectivity index (χ0) is 41.1. The van der Waals surface area contributed by atoms with Crippen LogP contribution in [0.5, 0.6) is 0 Å². The molecule has 3 heterocycles. The number of hydrogen-bond donors (Lipinski definition) is 1. The Morgan fingerprint density at radius 3 is 1.98 bits per heavy atom. The van der Waals surface area contributed by atoms with Crippen LogP contribution in [0, 0.1) is 0 Å². The van der Waals surface area contributed by atoms with Crippen molar-refractivity contribution >= 4 is 60.8 Å². The molecule has 0 radical (unpaired) electrons. The van der Waals surface area contributed by atoms with Gasteiger partial charge in [-0.15, -0.1) is 0 Å². The lowest BCUT2D eigenvalue weighted by Gasteiger charge is -2.28. The van der Waals surface area contributed by atoms with E-state index < -0.39 is 0 Å². The van der Waals surface area contributed by atoms with Crippen molar-refractivity contribution in [2.24, 2.45) is 0 Å². The van der Waals surface area contributed by atoms with Crippen molar-refractivity contribution in [1.29, 1.82) is 0 Å². The molecular formula is C58H41N3O. The van der Waals surface area contributed by atoms with Crippen molar-refractivity contribution in [3.05, 3.63) is 217 Å². The molecule has 4 heteroatoms. The first kappa shape index (κ1) is 35.0. The first-order valence-electron chi connectivity index (χ1n) is 21.5. The van der Waals surface area contributed by atoms with Crippen molar-refractivity contribution in [2.75, 3.05) is 10.2 Å². The fourth-order valence-corrected chi connectivity index (χ4v) is 10.8. The molecule has 0 saturated carbocycles. The van der Waals surface area contributed by atoms with Crippen LogP contribution in [0.1, 0.15) is 36.7 Å². The number of anilines is 3. The normalized spacial score (nSPS) is 15.0. The van der Waals surface area contributed by atoms with Gasteiger partial charge in [0.2, 0.25) is 0 Å². The fraction of sp³-hybridized carbons (Fsp3) is 0.0690. The number of nitrogens with zero attached hydrogens (tertiary/aromatic N) is 2. The van der Waals surface area contributed by atoms with Gasteiger partial charge in [0.25, 0.3) is 0 Å². The molecule has 62 heavy (non-hydrogen) atoms. The molecular weight excluding hydrogens is 755 g/mol. The number of furan rings is 1. The average Bonchev–Trinajstić information content (AvgIpc) is 4.06. The van der Waals surface area contributed by atoms with Gasteiger partial charge in [-0.2, -0.15) is 0 Å². The average molecular weight is 796 g/mol. The largest absolute Gasteiger partial charge is 0.456 e. The Balaban J connectivity index is 1.03. The zero-order valence-electron chi connectivity index (χ0n) is 34.4. The van der Waals surface area contributed by atoms with Gasteiger partial charge in [-0.3, -0.25) is 0 Å². The summed E-state index contributed by atoms with van der Waals surface area (Å²) in [5.74, 6) is 0. The summed E-state index contributed by atoms with van der Waals surface area (Å²) in [5, 5.41) is 8.69. The van der Waals surface area contributed by atoms with E-state index in [4.69, 9.17) is 4.42 Å². The standard InChI is InChI=1S/C58H41N3O/c1-58(2)48-21-11-9-19-42(48)44-31-32-45-43-20-10-13-23-50(43)60(56(45)55(44)58)41-29-30-46-52(35-41)62-53-34-39(37-17-7-4-8-18-37)33-47(54(46)53)57-59-49-22-12-14-24-51(49)61(57)40-27-25-38(26-28-40)36-15-5-3-6-16-36/h3-35,57,59H,1-2H3. The predicted molar refractivity (Wildman–Crippen MR) is 258 cm³/mol. The molecule has 4 nitrogen and oxygen atoms in total. The molecule has 11 aromatic rings. The van der Waals surface area contributed by atoms with Gasteiger partial charge in [0.1, 0.15) is 17.3 Å². The Morgan fingerprint density at radius 1 is 0.500 bits per heavy atom.